The van der Waals surface area contributed by atoms with Crippen molar-refractivity contribution in [1.29, 1.82) is 0 Å². The van der Waals surface area contributed by atoms with Gasteiger partial charge in [0, 0.05) is 17.7 Å². The zero-order valence-corrected chi connectivity index (χ0v) is 8.91. The summed E-state index contributed by atoms with van der Waals surface area (Å²) in [5.41, 5.74) is 8.38. The number of nitrogen functional groups attached to an aromatic ring is 1. The molecule has 2 aliphatic rings. The van der Waals surface area contributed by atoms with Gasteiger partial charge in [0.05, 0.1) is 19.3 Å². The Morgan fingerprint density at radius 1 is 1.33 bits per heavy atom. The molecule has 15 heavy (non-hydrogen) atoms. The average molecular weight is 207 g/mol. The zero-order chi connectivity index (χ0) is 10.3. The Balaban J connectivity index is 1.99. The molecule has 4 heteroatoms. The maximum atomic E-state index is 5.92. The molecule has 0 radical (unpaired) electrons. The van der Waals surface area contributed by atoms with Gasteiger partial charge in [-0.1, -0.05) is 12.8 Å². The maximum Gasteiger partial charge on any atom is 0.151 e. The fourth-order valence-electron chi connectivity index (χ4n) is 2.74. The molecule has 2 N–H and O–H groups in total. The molecule has 3 rings (SSSR count). The molecule has 1 fully saturated rings. The molecule has 1 aliphatic heterocycles. The Kier molecular flexibility index (Phi) is 2.16. The Bertz CT molecular complexity index is 366. The first-order chi connectivity index (χ1) is 7.36. The van der Waals surface area contributed by atoms with Gasteiger partial charge in [-0.25, -0.2) is 0 Å². The van der Waals surface area contributed by atoms with E-state index in [2.05, 4.69) is 9.78 Å². The quantitative estimate of drug-likeness (QED) is 0.761. The molecular formula is C11H17N3O. The lowest BCUT2D eigenvalue weighted by Gasteiger charge is -2.18. The number of nitrogens with two attached hydrogens (primary N) is 1. The molecule has 1 aliphatic carbocycles. The second-order valence-electron chi connectivity index (χ2n) is 4.50. The van der Waals surface area contributed by atoms with E-state index in [1.165, 1.54) is 31.4 Å². The average Bonchev–Trinajstić information content (AvgIpc) is 2.87. The van der Waals surface area contributed by atoms with E-state index in [1.807, 2.05) is 0 Å². The van der Waals surface area contributed by atoms with Crippen molar-refractivity contribution in [3.05, 3.63) is 11.3 Å². The Labute approximate surface area is 89.4 Å². The van der Waals surface area contributed by atoms with Crippen LogP contribution in [0.15, 0.2) is 0 Å². The van der Waals surface area contributed by atoms with Crippen LogP contribution in [-0.4, -0.2) is 16.4 Å². The number of hydrogen-bond acceptors (Lipinski definition) is 3. The third kappa shape index (κ3) is 1.44. The normalized spacial score (nSPS) is 21.9. The highest BCUT2D eigenvalue weighted by Gasteiger charge is 2.25. The van der Waals surface area contributed by atoms with Gasteiger partial charge in [0.1, 0.15) is 0 Å². The first-order valence-electron chi connectivity index (χ1n) is 5.80. The molecule has 1 aromatic rings. The molecule has 0 spiro atoms. The number of ether oxygens (including phenoxy) is 1. The van der Waals surface area contributed by atoms with E-state index < -0.39 is 0 Å². The standard InChI is InChI=1S/C11H17N3O/c12-11-9-7-15-6-5-10(9)14(13-11)8-3-1-2-4-8/h8H,1-7H2,(H2,12,13). The molecule has 0 bridgehead atoms. The van der Waals surface area contributed by atoms with Crippen LogP contribution in [0, 0.1) is 0 Å². The van der Waals surface area contributed by atoms with E-state index >= 15 is 0 Å². The molecule has 1 aromatic heterocycles. The molecule has 0 amide bonds. The summed E-state index contributed by atoms with van der Waals surface area (Å²) in [5, 5.41) is 4.49. The van der Waals surface area contributed by atoms with Gasteiger partial charge < -0.3 is 10.5 Å². The van der Waals surface area contributed by atoms with E-state index in [0.29, 0.717) is 18.5 Å². The highest BCUT2D eigenvalue weighted by atomic mass is 16.5. The lowest BCUT2D eigenvalue weighted by Crippen LogP contribution is -2.16. The van der Waals surface area contributed by atoms with E-state index in [-0.39, 0.29) is 0 Å². The van der Waals surface area contributed by atoms with E-state index in [9.17, 15) is 0 Å². The van der Waals surface area contributed by atoms with Crippen molar-refractivity contribution in [2.45, 2.75) is 44.8 Å². The molecule has 0 unspecified atom stereocenters. The minimum absolute atomic E-state index is 0.592. The molecule has 0 aromatic carbocycles. The topological polar surface area (TPSA) is 53.1 Å². The summed E-state index contributed by atoms with van der Waals surface area (Å²) in [6.07, 6.45) is 6.14. The number of nitrogens with zero attached hydrogens (tertiary/aromatic N) is 2. The Morgan fingerprint density at radius 2 is 2.13 bits per heavy atom. The molecule has 0 atom stereocenters. The minimum Gasteiger partial charge on any atom is -0.382 e. The Morgan fingerprint density at radius 3 is 2.93 bits per heavy atom. The minimum atomic E-state index is 0.592. The maximum absolute atomic E-state index is 5.92. The monoisotopic (exact) mass is 207 g/mol. The number of aromatic nitrogens is 2. The van der Waals surface area contributed by atoms with Crippen molar-refractivity contribution in [3.63, 3.8) is 0 Å². The van der Waals surface area contributed by atoms with Crippen molar-refractivity contribution in [2.75, 3.05) is 12.3 Å². The van der Waals surface area contributed by atoms with Gasteiger partial charge in [-0.05, 0) is 12.8 Å². The second kappa shape index (κ2) is 3.52. The number of rotatable bonds is 1. The molecule has 4 nitrogen and oxygen atoms in total. The fraction of sp³-hybridized carbons (Fsp3) is 0.727. The van der Waals surface area contributed by atoms with Crippen LogP contribution >= 0.6 is 0 Å². The summed E-state index contributed by atoms with van der Waals surface area (Å²) in [4.78, 5) is 0. The van der Waals surface area contributed by atoms with Crippen molar-refractivity contribution in [1.82, 2.24) is 9.78 Å². The number of fused-ring (bicyclic) bond motifs is 1. The van der Waals surface area contributed by atoms with Gasteiger partial charge in [0.15, 0.2) is 5.82 Å². The van der Waals surface area contributed by atoms with Crippen LogP contribution in [0.5, 0.6) is 0 Å². The van der Waals surface area contributed by atoms with Crippen LogP contribution in [0.3, 0.4) is 0 Å². The lowest BCUT2D eigenvalue weighted by molar-refractivity contribution is 0.108. The molecule has 82 valence electrons. The molecule has 0 saturated heterocycles. The van der Waals surface area contributed by atoms with Gasteiger partial charge >= 0.3 is 0 Å². The van der Waals surface area contributed by atoms with Crippen LogP contribution in [0.4, 0.5) is 5.82 Å². The van der Waals surface area contributed by atoms with Crippen molar-refractivity contribution < 1.29 is 4.74 Å². The zero-order valence-electron chi connectivity index (χ0n) is 8.91. The third-order valence-electron chi connectivity index (χ3n) is 3.55. The van der Waals surface area contributed by atoms with Crippen molar-refractivity contribution in [3.8, 4) is 0 Å². The summed E-state index contributed by atoms with van der Waals surface area (Å²) in [6, 6.07) is 0.592. The van der Waals surface area contributed by atoms with E-state index in [0.717, 1.165) is 18.6 Å². The summed E-state index contributed by atoms with van der Waals surface area (Å²) in [5.74, 6) is 0.677. The summed E-state index contributed by atoms with van der Waals surface area (Å²) < 4.78 is 7.60. The molecular weight excluding hydrogens is 190 g/mol. The largest absolute Gasteiger partial charge is 0.382 e. The van der Waals surface area contributed by atoms with Crippen molar-refractivity contribution in [2.24, 2.45) is 0 Å². The van der Waals surface area contributed by atoms with Gasteiger partial charge in [-0.15, -0.1) is 0 Å². The number of hydrogen-bond donors (Lipinski definition) is 1. The van der Waals surface area contributed by atoms with Gasteiger partial charge in [0.25, 0.3) is 0 Å². The first kappa shape index (κ1) is 9.21. The smallest absolute Gasteiger partial charge is 0.151 e. The predicted octanol–water partition coefficient (Wildman–Crippen LogP) is 1.65. The second-order valence-corrected chi connectivity index (χ2v) is 4.50. The van der Waals surface area contributed by atoms with Crippen LogP contribution in [0.1, 0.15) is 43.0 Å². The predicted molar refractivity (Wildman–Crippen MR) is 57.5 cm³/mol. The first-order valence-corrected chi connectivity index (χ1v) is 5.80. The van der Waals surface area contributed by atoms with Crippen LogP contribution in [-0.2, 0) is 17.8 Å². The lowest BCUT2D eigenvalue weighted by atomic mass is 10.1. The highest BCUT2D eigenvalue weighted by Crippen LogP contribution is 2.33. The Hall–Kier alpha value is -1.03. The van der Waals surface area contributed by atoms with Crippen LogP contribution in [0.2, 0.25) is 0 Å². The fourth-order valence-corrected chi connectivity index (χ4v) is 2.74. The molecule has 1 saturated carbocycles. The molecule has 2 heterocycles. The van der Waals surface area contributed by atoms with Gasteiger partial charge in [0.2, 0.25) is 0 Å². The van der Waals surface area contributed by atoms with Gasteiger partial charge in [-0.3, -0.25) is 4.68 Å². The van der Waals surface area contributed by atoms with Crippen LogP contribution < -0.4 is 5.73 Å². The summed E-state index contributed by atoms with van der Waals surface area (Å²) >= 11 is 0. The third-order valence-corrected chi connectivity index (χ3v) is 3.55. The summed E-state index contributed by atoms with van der Waals surface area (Å²) in [6.45, 7) is 1.46. The highest BCUT2D eigenvalue weighted by molar-refractivity contribution is 5.43. The van der Waals surface area contributed by atoms with E-state index in [4.69, 9.17) is 10.5 Å². The van der Waals surface area contributed by atoms with Crippen molar-refractivity contribution >= 4 is 5.82 Å². The van der Waals surface area contributed by atoms with Crippen LogP contribution in [0.25, 0.3) is 0 Å². The SMILES string of the molecule is Nc1nn(C2CCCC2)c2c1COCC2. The number of anilines is 1. The summed E-state index contributed by atoms with van der Waals surface area (Å²) in [7, 11) is 0. The van der Waals surface area contributed by atoms with Gasteiger partial charge in [-0.2, -0.15) is 5.10 Å². The van der Waals surface area contributed by atoms with E-state index in [1.54, 1.807) is 0 Å².